The van der Waals surface area contributed by atoms with Crippen molar-refractivity contribution in [3.05, 3.63) is 23.3 Å². The van der Waals surface area contributed by atoms with E-state index in [0.717, 1.165) is 29.1 Å². The highest BCUT2D eigenvalue weighted by Crippen LogP contribution is 2.28. The lowest BCUT2D eigenvalue weighted by atomic mass is 10.1. The summed E-state index contributed by atoms with van der Waals surface area (Å²) in [7, 11) is 1.64. The second-order valence-corrected chi connectivity index (χ2v) is 3.92. The second kappa shape index (κ2) is 6.25. The van der Waals surface area contributed by atoms with Crippen LogP contribution < -0.4 is 15.4 Å². The number of methoxy groups -OCH3 is 1. The van der Waals surface area contributed by atoms with Gasteiger partial charge >= 0.3 is 0 Å². The average Bonchev–Trinajstić information content (AvgIpc) is 2.31. The second-order valence-electron chi connectivity index (χ2n) is 3.92. The summed E-state index contributed by atoms with van der Waals surface area (Å²) in [5, 5.41) is 5.85. The molecule has 0 aliphatic carbocycles. The van der Waals surface area contributed by atoms with E-state index in [-0.39, 0.29) is 5.91 Å². The lowest BCUT2D eigenvalue weighted by molar-refractivity contribution is -0.115. The highest BCUT2D eigenvalue weighted by molar-refractivity contribution is 5.93. The summed E-state index contributed by atoms with van der Waals surface area (Å²) in [6, 6.07) is 3.84. The minimum absolute atomic E-state index is 0.0409. The molecular weight excluding hydrogens is 216 g/mol. The molecule has 1 aromatic carbocycles. The highest BCUT2D eigenvalue weighted by Gasteiger charge is 2.09. The first-order valence-electron chi connectivity index (χ1n) is 5.74. The fraction of sp³-hybridized carbons (Fsp3) is 0.462. The maximum atomic E-state index is 11.6. The third-order valence-corrected chi connectivity index (χ3v) is 2.62. The Bertz CT molecular complexity index is 403. The van der Waals surface area contributed by atoms with Crippen molar-refractivity contribution in [2.75, 3.05) is 25.5 Å². The van der Waals surface area contributed by atoms with Crippen molar-refractivity contribution >= 4 is 11.6 Å². The molecule has 4 nitrogen and oxygen atoms in total. The van der Waals surface area contributed by atoms with Crippen LogP contribution in [0.2, 0.25) is 0 Å². The third-order valence-electron chi connectivity index (χ3n) is 2.62. The van der Waals surface area contributed by atoms with Gasteiger partial charge < -0.3 is 15.4 Å². The van der Waals surface area contributed by atoms with E-state index in [0.29, 0.717) is 6.54 Å². The molecule has 0 aromatic heterocycles. The molecule has 0 saturated heterocycles. The summed E-state index contributed by atoms with van der Waals surface area (Å²) in [5.41, 5.74) is 2.82. The van der Waals surface area contributed by atoms with Crippen LogP contribution in [0.5, 0.6) is 5.75 Å². The summed E-state index contributed by atoms with van der Waals surface area (Å²) >= 11 is 0. The topological polar surface area (TPSA) is 50.4 Å². The molecule has 4 heteroatoms. The molecule has 17 heavy (non-hydrogen) atoms. The first-order valence-corrected chi connectivity index (χ1v) is 5.74. The Hall–Kier alpha value is -1.55. The van der Waals surface area contributed by atoms with Gasteiger partial charge in [-0.15, -0.1) is 0 Å². The molecule has 0 saturated carbocycles. The van der Waals surface area contributed by atoms with Gasteiger partial charge in [-0.05, 0) is 32.0 Å². The number of hydrogen-bond donors (Lipinski definition) is 2. The van der Waals surface area contributed by atoms with Crippen LogP contribution in [0.1, 0.15) is 18.1 Å². The van der Waals surface area contributed by atoms with Gasteiger partial charge in [0.2, 0.25) is 5.91 Å². The number of benzene rings is 1. The lowest BCUT2D eigenvalue weighted by Gasteiger charge is -2.14. The molecule has 94 valence electrons. The van der Waals surface area contributed by atoms with Crippen molar-refractivity contribution in [1.29, 1.82) is 0 Å². The number of likely N-dealkylation sites (N-methyl/N-ethyl adjacent to an activating group) is 1. The van der Waals surface area contributed by atoms with Crippen LogP contribution in [-0.4, -0.2) is 26.1 Å². The largest absolute Gasteiger partial charge is 0.496 e. The number of amides is 1. The number of anilines is 1. The first-order chi connectivity index (χ1) is 8.10. The molecule has 1 aromatic rings. The van der Waals surface area contributed by atoms with Gasteiger partial charge in [0, 0.05) is 11.3 Å². The molecule has 0 bridgehead atoms. The van der Waals surface area contributed by atoms with Crippen LogP contribution >= 0.6 is 0 Å². The third kappa shape index (κ3) is 3.46. The molecule has 0 spiro atoms. The molecule has 0 atom stereocenters. The van der Waals surface area contributed by atoms with Gasteiger partial charge in [-0.25, -0.2) is 0 Å². The van der Waals surface area contributed by atoms with Crippen LogP contribution in [-0.2, 0) is 4.79 Å². The number of hydrogen-bond acceptors (Lipinski definition) is 3. The van der Waals surface area contributed by atoms with E-state index in [1.165, 1.54) is 0 Å². The fourth-order valence-corrected chi connectivity index (χ4v) is 1.71. The van der Waals surface area contributed by atoms with Crippen molar-refractivity contribution in [2.45, 2.75) is 20.8 Å². The standard InChI is InChI=1S/C13H20N2O2/c1-5-14-8-12(16)15-11-7-6-9(2)13(17-4)10(11)3/h6-7,14H,5,8H2,1-4H3,(H,15,16). The van der Waals surface area contributed by atoms with E-state index in [1.807, 2.05) is 32.9 Å². The zero-order chi connectivity index (χ0) is 12.8. The zero-order valence-corrected chi connectivity index (χ0v) is 10.9. The average molecular weight is 236 g/mol. The fourth-order valence-electron chi connectivity index (χ4n) is 1.71. The molecule has 1 rings (SSSR count). The smallest absolute Gasteiger partial charge is 0.238 e. The SMILES string of the molecule is CCNCC(=O)Nc1ccc(C)c(OC)c1C. The Kier molecular flexibility index (Phi) is 4.97. The van der Waals surface area contributed by atoms with Crippen molar-refractivity contribution in [3.63, 3.8) is 0 Å². The van der Waals surface area contributed by atoms with Gasteiger partial charge in [0.1, 0.15) is 5.75 Å². The predicted octanol–water partition coefficient (Wildman–Crippen LogP) is 1.86. The van der Waals surface area contributed by atoms with Crippen LogP contribution in [0, 0.1) is 13.8 Å². The number of nitrogens with one attached hydrogen (secondary N) is 2. The van der Waals surface area contributed by atoms with Gasteiger partial charge in [-0.1, -0.05) is 13.0 Å². The molecular formula is C13H20N2O2. The van der Waals surface area contributed by atoms with Gasteiger partial charge in [-0.3, -0.25) is 4.79 Å². The molecule has 0 radical (unpaired) electrons. The zero-order valence-electron chi connectivity index (χ0n) is 10.9. The Labute approximate surface area is 102 Å². The Balaban J connectivity index is 2.81. The van der Waals surface area contributed by atoms with Crippen molar-refractivity contribution in [2.24, 2.45) is 0 Å². The van der Waals surface area contributed by atoms with E-state index in [2.05, 4.69) is 10.6 Å². The summed E-state index contributed by atoms with van der Waals surface area (Å²) in [5.74, 6) is 0.784. The van der Waals surface area contributed by atoms with E-state index in [4.69, 9.17) is 4.74 Å². The summed E-state index contributed by atoms with van der Waals surface area (Å²) in [6.45, 7) is 6.99. The van der Waals surface area contributed by atoms with Crippen molar-refractivity contribution < 1.29 is 9.53 Å². The predicted molar refractivity (Wildman–Crippen MR) is 69.6 cm³/mol. The van der Waals surface area contributed by atoms with Gasteiger partial charge in [0.15, 0.2) is 0 Å². The molecule has 0 unspecified atom stereocenters. The normalized spacial score (nSPS) is 10.1. The quantitative estimate of drug-likeness (QED) is 0.820. The lowest BCUT2D eigenvalue weighted by Crippen LogP contribution is -2.28. The summed E-state index contributed by atoms with van der Waals surface area (Å²) < 4.78 is 5.31. The molecule has 1 amide bonds. The Morgan fingerprint density at radius 1 is 1.35 bits per heavy atom. The monoisotopic (exact) mass is 236 g/mol. The maximum absolute atomic E-state index is 11.6. The molecule has 0 fully saturated rings. The number of aryl methyl sites for hydroxylation is 1. The number of ether oxygens (including phenoxy) is 1. The van der Waals surface area contributed by atoms with Crippen molar-refractivity contribution in [1.82, 2.24) is 5.32 Å². The van der Waals surface area contributed by atoms with Crippen LogP contribution in [0.3, 0.4) is 0 Å². The van der Waals surface area contributed by atoms with Crippen LogP contribution in [0.25, 0.3) is 0 Å². The van der Waals surface area contributed by atoms with E-state index < -0.39 is 0 Å². The molecule has 2 N–H and O–H groups in total. The summed E-state index contributed by atoms with van der Waals surface area (Å²) in [4.78, 5) is 11.6. The van der Waals surface area contributed by atoms with Crippen molar-refractivity contribution in [3.8, 4) is 5.75 Å². The Morgan fingerprint density at radius 3 is 2.65 bits per heavy atom. The number of carbonyl (C=O) groups excluding carboxylic acids is 1. The van der Waals surface area contributed by atoms with Gasteiger partial charge in [0.05, 0.1) is 13.7 Å². The minimum atomic E-state index is -0.0409. The molecule has 0 heterocycles. The molecule has 0 aliphatic heterocycles. The molecule has 0 aliphatic rings. The van der Waals surface area contributed by atoms with E-state index >= 15 is 0 Å². The van der Waals surface area contributed by atoms with Gasteiger partial charge in [-0.2, -0.15) is 0 Å². The van der Waals surface area contributed by atoms with Crippen LogP contribution in [0.4, 0.5) is 5.69 Å². The van der Waals surface area contributed by atoms with Crippen LogP contribution in [0.15, 0.2) is 12.1 Å². The van der Waals surface area contributed by atoms with Gasteiger partial charge in [0.25, 0.3) is 0 Å². The first kappa shape index (κ1) is 13.5. The maximum Gasteiger partial charge on any atom is 0.238 e. The number of carbonyl (C=O) groups is 1. The van der Waals surface area contributed by atoms with E-state index in [9.17, 15) is 4.79 Å². The number of rotatable bonds is 5. The minimum Gasteiger partial charge on any atom is -0.496 e. The van der Waals surface area contributed by atoms with E-state index in [1.54, 1.807) is 7.11 Å². The Morgan fingerprint density at radius 2 is 2.06 bits per heavy atom. The highest BCUT2D eigenvalue weighted by atomic mass is 16.5. The summed E-state index contributed by atoms with van der Waals surface area (Å²) in [6.07, 6.45) is 0.